The van der Waals surface area contributed by atoms with Crippen LogP contribution in [0, 0.1) is 12.7 Å². The Morgan fingerprint density at radius 1 is 1.00 bits per heavy atom. The van der Waals surface area contributed by atoms with E-state index in [1.807, 2.05) is 51.1 Å². The van der Waals surface area contributed by atoms with Crippen molar-refractivity contribution in [3.05, 3.63) is 83.4 Å². The molecule has 6 heteroatoms. The van der Waals surface area contributed by atoms with Crippen LogP contribution >= 0.6 is 0 Å². The molecule has 0 spiro atoms. The van der Waals surface area contributed by atoms with Gasteiger partial charge in [0.1, 0.15) is 5.82 Å². The zero-order valence-corrected chi connectivity index (χ0v) is 15.6. The molecule has 0 aliphatic carbocycles. The number of carbonyl (C=O) groups excluding carboxylic acids is 1. The molecule has 3 rings (SSSR count). The van der Waals surface area contributed by atoms with Crippen LogP contribution in [0.3, 0.4) is 0 Å². The van der Waals surface area contributed by atoms with Crippen molar-refractivity contribution in [2.75, 3.05) is 0 Å². The molecule has 0 saturated heterocycles. The Hall–Kier alpha value is -3.15. The van der Waals surface area contributed by atoms with Crippen LogP contribution in [-0.2, 0) is 0 Å². The molecule has 0 aliphatic heterocycles. The Kier molecular flexibility index (Phi) is 5.54. The second-order valence-corrected chi connectivity index (χ2v) is 6.55. The van der Waals surface area contributed by atoms with Gasteiger partial charge in [0.2, 0.25) is 0 Å². The normalized spacial score (nSPS) is 13.0. The van der Waals surface area contributed by atoms with E-state index in [2.05, 4.69) is 15.7 Å². The lowest BCUT2D eigenvalue weighted by Gasteiger charge is -2.18. The summed E-state index contributed by atoms with van der Waals surface area (Å²) in [5.74, 6) is -0.289. The van der Waals surface area contributed by atoms with Crippen molar-refractivity contribution >= 4 is 6.03 Å². The van der Waals surface area contributed by atoms with Crippen LogP contribution in [0.25, 0.3) is 5.69 Å². The summed E-state index contributed by atoms with van der Waals surface area (Å²) in [4.78, 5) is 12.3. The summed E-state index contributed by atoms with van der Waals surface area (Å²) in [6.07, 6.45) is 1.73. The van der Waals surface area contributed by atoms with Gasteiger partial charge in [0.15, 0.2) is 0 Å². The second kappa shape index (κ2) is 8.03. The number of halogens is 1. The summed E-state index contributed by atoms with van der Waals surface area (Å²) < 4.78 is 14.9. The summed E-state index contributed by atoms with van der Waals surface area (Å²) in [5.41, 5.74) is 3.61. The Morgan fingerprint density at radius 3 is 2.30 bits per heavy atom. The highest BCUT2D eigenvalue weighted by Crippen LogP contribution is 2.20. The predicted octanol–water partition coefficient (Wildman–Crippen LogP) is 4.44. The molecule has 1 aromatic heterocycles. The zero-order chi connectivity index (χ0) is 19.4. The Labute approximate surface area is 158 Å². The molecule has 0 saturated carbocycles. The average molecular weight is 366 g/mol. The van der Waals surface area contributed by atoms with Crippen LogP contribution in [0.1, 0.15) is 42.8 Å². The lowest BCUT2D eigenvalue weighted by Crippen LogP contribution is -2.38. The van der Waals surface area contributed by atoms with Crippen LogP contribution in [0.4, 0.5) is 9.18 Å². The van der Waals surface area contributed by atoms with E-state index in [0.717, 1.165) is 22.5 Å². The number of hydrogen-bond acceptors (Lipinski definition) is 2. The zero-order valence-electron chi connectivity index (χ0n) is 15.6. The predicted molar refractivity (Wildman–Crippen MR) is 103 cm³/mol. The highest BCUT2D eigenvalue weighted by molar-refractivity contribution is 5.75. The number of nitrogens with one attached hydrogen (secondary N) is 2. The molecule has 2 atom stereocenters. The first-order chi connectivity index (χ1) is 13.0. The van der Waals surface area contributed by atoms with Gasteiger partial charge in [0, 0.05) is 11.3 Å². The van der Waals surface area contributed by atoms with Crippen molar-refractivity contribution in [2.45, 2.75) is 32.9 Å². The maximum absolute atomic E-state index is 13.1. The molecule has 0 bridgehead atoms. The van der Waals surface area contributed by atoms with Gasteiger partial charge >= 0.3 is 6.03 Å². The van der Waals surface area contributed by atoms with Crippen molar-refractivity contribution in [3.8, 4) is 5.69 Å². The molecule has 140 valence electrons. The third kappa shape index (κ3) is 4.34. The van der Waals surface area contributed by atoms with Gasteiger partial charge in [0.25, 0.3) is 0 Å². The standard InChI is InChI=1S/C21H23FN4O/c1-14(17-7-5-4-6-8-17)24-21(27)25-15(2)20-13-23-26(16(20)3)19-11-9-18(22)10-12-19/h4-15H,1-3H3,(H2,24,25,27). The number of hydrogen-bond donors (Lipinski definition) is 2. The molecule has 27 heavy (non-hydrogen) atoms. The molecule has 0 fully saturated rings. The van der Waals surface area contributed by atoms with E-state index in [-0.39, 0.29) is 23.9 Å². The second-order valence-electron chi connectivity index (χ2n) is 6.55. The first-order valence-corrected chi connectivity index (χ1v) is 8.88. The van der Waals surface area contributed by atoms with Gasteiger partial charge in [0.05, 0.1) is 24.0 Å². The van der Waals surface area contributed by atoms with Crippen molar-refractivity contribution < 1.29 is 9.18 Å². The summed E-state index contributed by atoms with van der Waals surface area (Å²) in [6.45, 7) is 5.78. The number of carbonyl (C=O) groups is 1. The smallest absolute Gasteiger partial charge is 0.315 e. The molecule has 2 unspecified atom stereocenters. The molecule has 2 N–H and O–H groups in total. The van der Waals surface area contributed by atoms with Crippen LogP contribution in [0.2, 0.25) is 0 Å². The van der Waals surface area contributed by atoms with Crippen LogP contribution in [0.5, 0.6) is 0 Å². The lowest BCUT2D eigenvalue weighted by molar-refractivity contribution is 0.235. The summed E-state index contributed by atoms with van der Waals surface area (Å²) in [6, 6.07) is 15.4. The van der Waals surface area contributed by atoms with Crippen molar-refractivity contribution in [3.63, 3.8) is 0 Å². The Morgan fingerprint density at radius 2 is 1.63 bits per heavy atom. The maximum atomic E-state index is 13.1. The molecule has 0 aliphatic rings. The number of aromatic nitrogens is 2. The Balaban J connectivity index is 1.66. The van der Waals surface area contributed by atoms with E-state index in [1.165, 1.54) is 12.1 Å². The van der Waals surface area contributed by atoms with Gasteiger partial charge in [-0.3, -0.25) is 0 Å². The number of rotatable bonds is 5. The average Bonchev–Trinajstić information content (AvgIpc) is 3.04. The third-order valence-corrected chi connectivity index (χ3v) is 4.58. The SMILES string of the molecule is Cc1c(C(C)NC(=O)NC(C)c2ccccc2)cnn1-c1ccc(F)cc1. The molecule has 3 aromatic rings. The van der Waals surface area contributed by atoms with E-state index in [0.29, 0.717) is 0 Å². The number of nitrogens with zero attached hydrogens (tertiary/aromatic N) is 2. The largest absolute Gasteiger partial charge is 0.332 e. The van der Waals surface area contributed by atoms with Gasteiger partial charge < -0.3 is 10.6 Å². The molecular weight excluding hydrogens is 343 g/mol. The summed E-state index contributed by atoms with van der Waals surface area (Å²) in [7, 11) is 0. The lowest BCUT2D eigenvalue weighted by atomic mass is 10.1. The minimum atomic E-state index is -0.289. The van der Waals surface area contributed by atoms with E-state index in [9.17, 15) is 9.18 Å². The van der Waals surface area contributed by atoms with Gasteiger partial charge in [-0.15, -0.1) is 0 Å². The van der Waals surface area contributed by atoms with Gasteiger partial charge in [-0.25, -0.2) is 13.9 Å². The monoisotopic (exact) mass is 366 g/mol. The number of amides is 2. The van der Waals surface area contributed by atoms with E-state index in [4.69, 9.17) is 0 Å². The highest BCUT2D eigenvalue weighted by atomic mass is 19.1. The van der Waals surface area contributed by atoms with E-state index in [1.54, 1.807) is 23.0 Å². The summed E-state index contributed by atoms with van der Waals surface area (Å²) >= 11 is 0. The van der Waals surface area contributed by atoms with E-state index < -0.39 is 0 Å². The first kappa shape index (κ1) is 18.6. The minimum Gasteiger partial charge on any atom is -0.332 e. The fourth-order valence-electron chi connectivity index (χ4n) is 3.03. The van der Waals surface area contributed by atoms with Crippen LogP contribution < -0.4 is 10.6 Å². The van der Waals surface area contributed by atoms with Gasteiger partial charge in [-0.2, -0.15) is 5.10 Å². The first-order valence-electron chi connectivity index (χ1n) is 8.88. The van der Waals surface area contributed by atoms with Crippen molar-refractivity contribution in [2.24, 2.45) is 0 Å². The number of urea groups is 1. The molecule has 0 radical (unpaired) electrons. The van der Waals surface area contributed by atoms with Crippen LogP contribution in [0.15, 0.2) is 60.8 Å². The summed E-state index contributed by atoms with van der Waals surface area (Å²) in [5, 5.41) is 10.3. The molecule has 2 amide bonds. The third-order valence-electron chi connectivity index (χ3n) is 4.58. The quantitative estimate of drug-likeness (QED) is 0.701. The Bertz CT molecular complexity index is 906. The topological polar surface area (TPSA) is 59.0 Å². The number of benzene rings is 2. The molecule has 1 heterocycles. The maximum Gasteiger partial charge on any atom is 0.315 e. The fraction of sp³-hybridized carbons (Fsp3) is 0.238. The van der Waals surface area contributed by atoms with Crippen molar-refractivity contribution in [1.82, 2.24) is 20.4 Å². The van der Waals surface area contributed by atoms with Crippen molar-refractivity contribution in [1.29, 1.82) is 0 Å². The fourth-order valence-corrected chi connectivity index (χ4v) is 3.03. The molecule has 2 aromatic carbocycles. The molecular formula is C21H23FN4O. The molecule has 5 nitrogen and oxygen atoms in total. The van der Waals surface area contributed by atoms with E-state index >= 15 is 0 Å². The minimum absolute atomic E-state index is 0.0959. The van der Waals surface area contributed by atoms with Crippen LogP contribution in [-0.4, -0.2) is 15.8 Å². The van der Waals surface area contributed by atoms with Gasteiger partial charge in [-0.05, 0) is 50.6 Å². The highest BCUT2D eigenvalue weighted by Gasteiger charge is 2.17. The van der Waals surface area contributed by atoms with Gasteiger partial charge in [-0.1, -0.05) is 30.3 Å².